The minimum Gasteiger partial charge on any atom is -0.368 e. The van der Waals surface area contributed by atoms with Crippen LogP contribution in [0.4, 0.5) is 5.82 Å². The van der Waals surface area contributed by atoms with Crippen molar-refractivity contribution in [2.45, 2.75) is 45.7 Å². The molecule has 0 bridgehead atoms. The molecule has 1 aliphatic heterocycles. The normalized spacial score (nSPS) is 18.5. The third-order valence-corrected chi connectivity index (χ3v) is 4.29. The number of nitrogens with zero attached hydrogens (tertiary/aromatic N) is 4. The maximum absolute atomic E-state index is 4.51. The van der Waals surface area contributed by atoms with Crippen molar-refractivity contribution in [1.29, 1.82) is 0 Å². The van der Waals surface area contributed by atoms with Gasteiger partial charge in [-0.2, -0.15) is 0 Å². The summed E-state index contributed by atoms with van der Waals surface area (Å²) >= 11 is 0. The van der Waals surface area contributed by atoms with Crippen LogP contribution < -0.4 is 5.32 Å². The topological polar surface area (TPSA) is 53.9 Å². The van der Waals surface area contributed by atoms with E-state index in [-0.39, 0.29) is 5.54 Å². The van der Waals surface area contributed by atoms with E-state index in [1.54, 1.807) is 6.20 Å². The van der Waals surface area contributed by atoms with Crippen molar-refractivity contribution in [3.63, 3.8) is 0 Å². The quantitative estimate of drug-likeness (QED) is 0.940. The van der Waals surface area contributed by atoms with Crippen LogP contribution >= 0.6 is 0 Å². The van der Waals surface area contributed by atoms with E-state index in [2.05, 4.69) is 45.9 Å². The fourth-order valence-electron chi connectivity index (χ4n) is 3.06. The molecule has 1 atom stereocenters. The van der Waals surface area contributed by atoms with E-state index in [4.69, 9.17) is 0 Å². The molecule has 5 heteroatoms. The summed E-state index contributed by atoms with van der Waals surface area (Å²) in [6.45, 7) is 10.8. The molecule has 5 nitrogen and oxygen atoms in total. The standard InChI is InChI=1S/C18H25N5/c1-13-21-16(15-7-5-6-9-19-15)11-17(22-13)20-12-14-8-10-23(14)18(2,3)4/h5-7,9,11,14H,8,10,12H2,1-4H3,(H,20,21,22). The monoisotopic (exact) mass is 311 g/mol. The van der Waals surface area contributed by atoms with E-state index in [0.29, 0.717) is 6.04 Å². The lowest BCUT2D eigenvalue weighted by Crippen LogP contribution is -2.59. The molecule has 1 aliphatic rings. The summed E-state index contributed by atoms with van der Waals surface area (Å²) in [5, 5.41) is 3.48. The first-order valence-electron chi connectivity index (χ1n) is 8.21. The fourth-order valence-corrected chi connectivity index (χ4v) is 3.06. The average molecular weight is 311 g/mol. The molecule has 2 aromatic rings. The number of hydrogen-bond acceptors (Lipinski definition) is 5. The zero-order valence-corrected chi connectivity index (χ0v) is 14.4. The van der Waals surface area contributed by atoms with Crippen molar-refractivity contribution in [2.24, 2.45) is 0 Å². The highest BCUT2D eigenvalue weighted by Gasteiger charge is 2.35. The molecule has 0 spiro atoms. The Bertz CT molecular complexity index is 663. The highest BCUT2D eigenvalue weighted by molar-refractivity contribution is 5.58. The van der Waals surface area contributed by atoms with Crippen LogP contribution in [0.15, 0.2) is 30.5 Å². The summed E-state index contributed by atoms with van der Waals surface area (Å²) in [6, 6.07) is 8.41. The smallest absolute Gasteiger partial charge is 0.130 e. The third-order valence-electron chi connectivity index (χ3n) is 4.29. The van der Waals surface area contributed by atoms with Gasteiger partial charge in [-0.25, -0.2) is 9.97 Å². The minimum atomic E-state index is 0.227. The van der Waals surface area contributed by atoms with Crippen LogP contribution in [0.25, 0.3) is 11.4 Å². The van der Waals surface area contributed by atoms with Gasteiger partial charge in [0.05, 0.1) is 11.4 Å². The van der Waals surface area contributed by atoms with Gasteiger partial charge in [0.25, 0.3) is 0 Å². The van der Waals surface area contributed by atoms with Gasteiger partial charge in [-0.15, -0.1) is 0 Å². The SMILES string of the molecule is Cc1nc(NCC2CCN2C(C)(C)C)cc(-c2ccccn2)n1. The van der Waals surface area contributed by atoms with Gasteiger partial charge in [0.2, 0.25) is 0 Å². The van der Waals surface area contributed by atoms with Gasteiger partial charge in [0.15, 0.2) is 0 Å². The van der Waals surface area contributed by atoms with Crippen molar-refractivity contribution in [1.82, 2.24) is 19.9 Å². The second-order valence-corrected chi connectivity index (χ2v) is 7.09. The molecule has 2 aromatic heterocycles. The first kappa shape index (κ1) is 15.9. The Morgan fingerprint density at radius 2 is 2.04 bits per heavy atom. The van der Waals surface area contributed by atoms with E-state index in [1.807, 2.05) is 31.2 Å². The summed E-state index contributed by atoms with van der Waals surface area (Å²) in [5.41, 5.74) is 1.97. The number of rotatable bonds is 4. The molecule has 0 saturated carbocycles. The fraction of sp³-hybridized carbons (Fsp3) is 0.500. The van der Waals surface area contributed by atoms with Crippen molar-refractivity contribution in [2.75, 3.05) is 18.4 Å². The Kier molecular flexibility index (Phi) is 4.31. The second-order valence-electron chi connectivity index (χ2n) is 7.09. The maximum Gasteiger partial charge on any atom is 0.130 e. The molecule has 1 fully saturated rings. The Morgan fingerprint density at radius 3 is 2.65 bits per heavy atom. The molecule has 0 aromatic carbocycles. The third kappa shape index (κ3) is 3.67. The summed E-state index contributed by atoms with van der Waals surface area (Å²) < 4.78 is 0. The second kappa shape index (κ2) is 6.24. The summed E-state index contributed by atoms with van der Waals surface area (Å²) in [7, 11) is 0. The van der Waals surface area contributed by atoms with Gasteiger partial charge in [0, 0.05) is 36.9 Å². The zero-order valence-electron chi connectivity index (χ0n) is 14.4. The lowest BCUT2D eigenvalue weighted by atomic mass is 9.93. The summed E-state index contributed by atoms with van der Waals surface area (Å²) in [4.78, 5) is 15.9. The minimum absolute atomic E-state index is 0.227. The van der Waals surface area contributed by atoms with Gasteiger partial charge in [-0.1, -0.05) is 6.07 Å². The average Bonchev–Trinajstić information content (AvgIpc) is 2.45. The van der Waals surface area contributed by atoms with Crippen molar-refractivity contribution < 1.29 is 0 Å². The molecule has 122 valence electrons. The van der Waals surface area contributed by atoms with Gasteiger partial charge >= 0.3 is 0 Å². The molecule has 1 N–H and O–H groups in total. The first-order chi connectivity index (χ1) is 10.9. The van der Waals surface area contributed by atoms with E-state index in [1.165, 1.54) is 13.0 Å². The van der Waals surface area contributed by atoms with E-state index >= 15 is 0 Å². The van der Waals surface area contributed by atoms with Crippen molar-refractivity contribution in [3.8, 4) is 11.4 Å². The Hall–Kier alpha value is -2.01. The van der Waals surface area contributed by atoms with Crippen LogP contribution in [0.3, 0.4) is 0 Å². The number of hydrogen-bond donors (Lipinski definition) is 1. The van der Waals surface area contributed by atoms with Gasteiger partial charge in [-0.05, 0) is 46.2 Å². The van der Waals surface area contributed by atoms with E-state index in [0.717, 1.165) is 29.6 Å². The van der Waals surface area contributed by atoms with Crippen LogP contribution in [0.2, 0.25) is 0 Å². The molecule has 0 aliphatic carbocycles. The molecular formula is C18H25N5. The predicted molar refractivity (Wildman–Crippen MR) is 93.4 cm³/mol. The largest absolute Gasteiger partial charge is 0.368 e. The number of pyridine rings is 1. The molecule has 0 amide bonds. The molecule has 1 saturated heterocycles. The maximum atomic E-state index is 4.51. The molecule has 3 heterocycles. The molecule has 3 rings (SSSR count). The number of nitrogens with one attached hydrogen (secondary N) is 1. The number of aromatic nitrogens is 3. The van der Waals surface area contributed by atoms with Crippen LogP contribution in [0.5, 0.6) is 0 Å². The van der Waals surface area contributed by atoms with Gasteiger partial charge < -0.3 is 5.32 Å². The number of likely N-dealkylation sites (tertiary alicyclic amines) is 1. The summed E-state index contributed by atoms with van der Waals surface area (Å²) in [6.07, 6.45) is 3.02. The van der Waals surface area contributed by atoms with Crippen molar-refractivity contribution in [3.05, 3.63) is 36.3 Å². The van der Waals surface area contributed by atoms with Crippen molar-refractivity contribution >= 4 is 5.82 Å². The van der Waals surface area contributed by atoms with E-state index < -0.39 is 0 Å². The van der Waals surface area contributed by atoms with E-state index in [9.17, 15) is 0 Å². The van der Waals surface area contributed by atoms with Crippen LogP contribution in [0.1, 0.15) is 33.0 Å². The lowest BCUT2D eigenvalue weighted by molar-refractivity contribution is 0.00896. The highest BCUT2D eigenvalue weighted by atomic mass is 15.3. The van der Waals surface area contributed by atoms with Gasteiger partial charge in [0.1, 0.15) is 11.6 Å². The first-order valence-corrected chi connectivity index (χ1v) is 8.21. The molecule has 0 radical (unpaired) electrons. The van der Waals surface area contributed by atoms with Gasteiger partial charge in [-0.3, -0.25) is 9.88 Å². The number of anilines is 1. The van der Waals surface area contributed by atoms with Crippen LogP contribution in [0, 0.1) is 6.92 Å². The summed E-state index contributed by atoms with van der Waals surface area (Å²) in [5.74, 6) is 1.64. The Morgan fingerprint density at radius 1 is 1.22 bits per heavy atom. The Labute approximate surface area is 138 Å². The zero-order chi connectivity index (χ0) is 16.4. The molecule has 23 heavy (non-hydrogen) atoms. The highest BCUT2D eigenvalue weighted by Crippen LogP contribution is 2.27. The lowest BCUT2D eigenvalue weighted by Gasteiger charge is -2.49. The van der Waals surface area contributed by atoms with Crippen LogP contribution in [-0.4, -0.2) is 44.5 Å². The number of aryl methyl sites for hydroxylation is 1. The Balaban J connectivity index is 1.70. The van der Waals surface area contributed by atoms with Crippen LogP contribution in [-0.2, 0) is 0 Å². The molecular weight excluding hydrogens is 286 g/mol. The predicted octanol–water partition coefficient (Wildman–Crippen LogP) is 3.13. The molecule has 1 unspecified atom stereocenters.